The molecule has 2 nitrogen and oxygen atoms in total. The van der Waals surface area contributed by atoms with Gasteiger partial charge in [-0.15, -0.1) is 0 Å². The molecular formula is C21H20ClF2NO. The van der Waals surface area contributed by atoms with Gasteiger partial charge in [0.15, 0.2) is 5.60 Å². The molecule has 1 atom stereocenters. The number of hydrogen-bond acceptors (Lipinski definition) is 1. The maximum Gasteiger partial charge on any atom is 0.163 e. The van der Waals surface area contributed by atoms with Crippen molar-refractivity contribution in [1.82, 2.24) is 0 Å². The molecule has 0 aliphatic carbocycles. The monoisotopic (exact) mass is 375 g/mol. The van der Waals surface area contributed by atoms with Gasteiger partial charge >= 0.3 is 0 Å². The van der Waals surface area contributed by atoms with Crippen molar-refractivity contribution in [3.8, 4) is 0 Å². The van der Waals surface area contributed by atoms with E-state index in [9.17, 15) is 13.9 Å². The fourth-order valence-corrected chi connectivity index (χ4v) is 2.94. The maximum atomic E-state index is 13.8. The van der Waals surface area contributed by atoms with Crippen molar-refractivity contribution in [3.05, 3.63) is 107 Å². The highest BCUT2D eigenvalue weighted by Crippen LogP contribution is 2.28. The lowest BCUT2D eigenvalue weighted by atomic mass is 9.86. The van der Waals surface area contributed by atoms with Crippen LogP contribution in [0.3, 0.4) is 0 Å². The molecule has 3 N–H and O–H groups in total. The summed E-state index contributed by atoms with van der Waals surface area (Å²) < 4.78 is 27.0. The van der Waals surface area contributed by atoms with Crippen molar-refractivity contribution in [3.63, 3.8) is 0 Å². The summed E-state index contributed by atoms with van der Waals surface area (Å²) in [6.07, 6.45) is 0. The zero-order valence-corrected chi connectivity index (χ0v) is 14.8. The summed E-state index contributed by atoms with van der Waals surface area (Å²) in [5, 5.41) is 13.2. The first-order chi connectivity index (χ1) is 12.1. The Labute approximate surface area is 157 Å². The minimum absolute atomic E-state index is 0. The third-order valence-electron chi connectivity index (χ3n) is 4.33. The maximum absolute atomic E-state index is 13.8. The second-order valence-corrected chi connectivity index (χ2v) is 6.02. The molecule has 0 heterocycles. The average Bonchev–Trinajstić information content (AvgIpc) is 2.64. The van der Waals surface area contributed by atoms with Gasteiger partial charge in [-0.25, -0.2) is 8.78 Å². The predicted molar refractivity (Wildman–Crippen MR) is 92.7 cm³/mol. The molecule has 0 spiro atoms. The lowest BCUT2D eigenvalue weighted by Crippen LogP contribution is -3.00. The van der Waals surface area contributed by atoms with Gasteiger partial charge in [-0.05, 0) is 29.3 Å². The Hall–Kier alpha value is -2.27. The molecule has 0 amide bonds. The molecule has 0 fully saturated rings. The van der Waals surface area contributed by atoms with Crippen LogP contribution in [0.15, 0.2) is 78.9 Å². The second kappa shape index (κ2) is 8.90. The molecule has 0 radical (unpaired) electrons. The number of nitrogens with two attached hydrogens (primary N) is 1. The molecule has 1 unspecified atom stereocenters. The normalized spacial score (nSPS) is 12.9. The van der Waals surface area contributed by atoms with E-state index in [1.807, 2.05) is 35.6 Å². The molecule has 3 rings (SSSR count). The van der Waals surface area contributed by atoms with Gasteiger partial charge in [0.1, 0.15) is 24.7 Å². The summed E-state index contributed by atoms with van der Waals surface area (Å²) in [5.74, 6) is -0.613. The van der Waals surface area contributed by atoms with Crippen LogP contribution < -0.4 is 17.7 Å². The summed E-state index contributed by atoms with van der Waals surface area (Å²) in [5.41, 5.74) is 0.605. The standard InChI is InChI=1S/C21H19F2NO.ClH/c22-19-12-10-18(11-13-19)21(25,17-7-2-1-3-8-17)15-24-14-16-6-4-5-9-20(16)23;/h1-13,24-25H,14-15H2;1H. The van der Waals surface area contributed by atoms with E-state index < -0.39 is 5.60 Å². The number of quaternary nitrogens is 1. The third-order valence-corrected chi connectivity index (χ3v) is 4.33. The van der Waals surface area contributed by atoms with Crippen LogP contribution >= 0.6 is 0 Å². The Morgan fingerprint density at radius 3 is 2.00 bits per heavy atom. The highest BCUT2D eigenvalue weighted by molar-refractivity contribution is 5.36. The van der Waals surface area contributed by atoms with Crippen LogP contribution in [-0.4, -0.2) is 11.7 Å². The molecule has 5 heteroatoms. The summed E-state index contributed by atoms with van der Waals surface area (Å²) in [6, 6.07) is 21.7. The van der Waals surface area contributed by atoms with Crippen LogP contribution in [0.5, 0.6) is 0 Å². The van der Waals surface area contributed by atoms with Crippen molar-refractivity contribution in [2.45, 2.75) is 12.1 Å². The Bertz CT molecular complexity index is 827. The zero-order chi connectivity index (χ0) is 17.7. The molecule has 0 aliphatic heterocycles. The van der Waals surface area contributed by atoms with Crippen molar-refractivity contribution >= 4 is 0 Å². The molecule has 3 aromatic carbocycles. The summed E-state index contributed by atoms with van der Waals surface area (Å²) in [6.45, 7) is 0.694. The topological polar surface area (TPSA) is 36.8 Å². The van der Waals surface area contributed by atoms with Crippen LogP contribution in [0.4, 0.5) is 8.78 Å². The van der Waals surface area contributed by atoms with Gasteiger partial charge in [-0.2, -0.15) is 0 Å². The number of hydrogen-bond donors (Lipinski definition) is 2. The molecule has 0 aliphatic rings. The minimum atomic E-state index is -1.29. The van der Waals surface area contributed by atoms with Crippen molar-refractivity contribution in [1.29, 1.82) is 0 Å². The SMILES string of the molecule is OC(C[NH2+]Cc1ccccc1F)(c1ccccc1)c1ccc(F)cc1.[Cl-]. The molecule has 0 aromatic heterocycles. The van der Waals surface area contributed by atoms with Gasteiger partial charge < -0.3 is 22.8 Å². The number of halogens is 3. The van der Waals surface area contributed by atoms with E-state index in [0.717, 1.165) is 0 Å². The molecular weight excluding hydrogens is 356 g/mol. The van der Waals surface area contributed by atoms with Crippen molar-refractivity contribution in [2.24, 2.45) is 0 Å². The van der Waals surface area contributed by atoms with E-state index in [-0.39, 0.29) is 30.6 Å². The summed E-state index contributed by atoms with van der Waals surface area (Å²) in [7, 11) is 0. The first-order valence-corrected chi connectivity index (χ1v) is 8.18. The van der Waals surface area contributed by atoms with Crippen LogP contribution in [0.1, 0.15) is 16.7 Å². The largest absolute Gasteiger partial charge is 1.00 e. The smallest absolute Gasteiger partial charge is 0.163 e. The highest BCUT2D eigenvalue weighted by atomic mass is 35.5. The Kier molecular flexibility index (Phi) is 6.86. The lowest BCUT2D eigenvalue weighted by Gasteiger charge is -2.27. The predicted octanol–water partition coefficient (Wildman–Crippen LogP) is -0.0317. The van der Waals surface area contributed by atoms with Gasteiger partial charge in [0.05, 0.1) is 0 Å². The average molecular weight is 376 g/mol. The fourth-order valence-electron chi connectivity index (χ4n) is 2.94. The minimum Gasteiger partial charge on any atom is -1.00 e. The Balaban J connectivity index is 0.00000243. The molecule has 0 saturated heterocycles. The first kappa shape index (κ1) is 20.0. The van der Waals surface area contributed by atoms with Gasteiger partial charge in [-0.3, -0.25) is 0 Å². The van der Waals surface area contributed by atoms with Gasteiger partial charge in [0, 0.05) is 5.56 Å². The van der Waals surface area contributed by atoms with Gasteiger partial charge in [0.2, 0.25) is 0 Å². The van der Waals surface area contributed by atoms with E-state index in [1.54, 1.807) is 30.3 Å². The summed E-state index contributed by atoms with van der Waals surface area (Å²) in [4.78, 5) is 0. The van der Waals surface area contributed by atoms with E-state index >= 15 is 0 Å². The Morgan fingerprint density at radius 2 is 1.35 bits per heavy atom. The van der Waals surface area contributed by atoms with Gasteiger partial charge in [-0.1, -0.05) is 60.7 Å². The molecule has 3 aromatic rings. The van der Waals surface area contributed by atoms with Crippen LogP contribution in [0.25, 0.3) is 0 Å². The van der Waals surface area contributed by atoms with Crippen LogP contribution in [0, 0.1) is 11.6 Å². The van der Waals surface area contributed by atoms with Crippen LogP contribution in [-0.2, 0) is 12.1 Å². The van der Waals surface area contributed by atoms with E-state index in [1.165, 1.54) is 18.2 Å². The zero-order valence-electron chi connectivity index (χ0n) is 14.1. The van der Waals surface area contributed by atoms with E-state index in [2.05, 4.69) is 0 Å². The Morgan fingerprint density at radius 1 is 0.769 bits per heavy atom. The second-order valence-electron chi connectivity index (χ2n) is 6.02. The molecule has 136 valence electrons. The fraction of sp³-hybridized carbons (Fsp3) is 0.143. The van der Waals surface area contributed by atoms with Crippen molar-refractivity contribution in [2.75, 3.05) is 6.54 Å². The number of benzene rings is 3. The number of aliphatic hydroxyl groups is 1. The molecule has 0 bridgehead atoms. The number of rotatable bonds is 6. The first-order valence-electron chi connectivity index (χ1n) is 8.18. The third kappa shape index (κ3) is 4.47. The summed E-state index contributed by atoms with van der Waals surface area (Å²) >= 11 is 0. The highest BCUT2D eigenvalue weighted by Gasteiger charge is 2.33. The van der Waals surface area contributed by atoms with Crippen LogP contribution in [0.2, 0.25) is 0 Å². The molecule has 0 saturated carbocycles. The quantitative estimate of drug-likeness (QED) is 0.624. The lowest BCUT2D eigenvalue weighted by molar-refractivity contribution is -0.682. The molecule has 26 heavy (non-hydrogen) atoms. The van der Waals surface area contributed by atoms with E-state index in [4.69, 9.17) is 0 Å². The van der Waals surface area contributed by atoms with E-state index in [0.29, 0.717) is 23.2 Å². The van der Waals surface area contributed by atoms with Gasteiger partial charge in [0.25, 0.3) is 0 Å². The van der Waals surface area contributed by atoms with Crippen molar-refractivity contribution < 1.29 is 31.6 Å².